The van der Waals surface area contributed by atoms with E-state index in [1.807, 2.05) is 30.3 Å². The van der Waals surface area contributed by atoms with Crippen molar-refractivity contribution in [1.29, 1.82) is 0 Å². The van der Waals surface area contributed by atoms with Crippen LogP contribution in [0.3, 0.4) is 0 Å². The molecule has 5 heteroatoms. The van der Waals surface area contributed by atoms with E-state index in [0.717, 1.165) is 22.1 Å². The fraction of sp³-hybridized carbons (Fsp3) is 0.200. The van der Waals surface area contributed by atoms with E-state index < -0.39 is 0 Å². The van der Waals surface area contributed by atoms with E-state index in [1.54, 1.807) is 6.07 Å². The Labute approximate surface area is 142 Å². The smallest absolute Gasteiger partial charge is 0.0592 e. The van der Waals surface area contributed by atoms with Gasteiger partial charge in [0.25, 0.3) is 0 Å². The average Bonchev–Trinajstić information content (AvgIpc) is 2.42. The van der Waals surface area contributed by atoms with Gasteiger partial charge < -0.3 is 5.32 Å². The molecular formula is C15H13BrCl3N. The standard InChI is InChI=1S/C15H13BrCl3N/c1-2-20-15(9-3-5-14(19)12(16)7-9)11-8-10(17)4-6-13(11)18/h3-8,15,20H,2H2,1H3. The molecule has 1 N–H and O–H groups in total. The van der Waals surface area contributed by atoms with E-state index in [0.29, 0.717) is 15.1 Å². The molecule has 0 aliphatic carbocycles. The maximum absolute atomic E-state index is 6.31. The van der Waals surface area contributed by atoms with E-state index in [4.69, 9.17) is 34.8 Å². The van der Waals surface area contributed by atoms with Gasteiger partial charge in [-0.05, 0) is 63.9 Å². The Morgan fingerprint density at radius 3 is 2.40 bits per heavy atom. The average molecular weight is 394 g/mol. The minimum absolute atomic E-state index is 0.0280. The fourth-order valence-electron chi connectivity index (χ4n) is 2.04. The molecule has 0 fully saturated rings. The van der Waals surface area contributed by atoms with Gasteiger partial charge in [-0.15, -0.1) is 0 Å². The molecule has 1 unspecified atom stereocenters. The molecule has 0 spiro atoms. The molecular weight excluding hydrogens is 380 g/mol. The first-order valence-electron chi connectivity index (χ1n) is 6.16. The Morgan fingerprint density at radius 2 is 1.75 bits per heavy atom. The molecule has 0 aliphatic rings. The van der Waals surface area contributed by atoms with Gasteiger partial charge >= 0.3 is 0 Å². The number of rotatable bonds is 4. The Balaban J connectivity index is 2.49. The van der Waals surface area contributed by atoms with Gasteiger partial charge in [-0.3, -0.25) is 0 Å². The molecule has 0 aromatic heterocycles. The molecule has 0 heterocycles. The number of hydrogen-bond donors (Lipinski definition) is 1. The lowest BCUT2D eigenvalue weighted by molar-refractivity contribution is 0.630. The van der Waals surface area contributed by atoms with Crippen molar-refractivity contribution in [2.45, 2.75) is 13.0 Å². The Bertz CT molecular complexity index is 616. The van der Waals surface area contributed by atoms with E-state index in [-0.39, 0.29) is 6.04 Å². The topological polar surface area (TPSA) is 12.0 Å². The summed E-state index contributed by atoms with van der Waals surface area (Å²) >= 11 is 21.9. The zero-order valence-electron chi connectivity index (χ0n) is 10.8. The third kappa shape index (κ3) is 3.69. The molecule has 0 amide bonds. The van der Waals surface area contributed by atoms with Crippen LogP contribution in [0.5, 0.6) is 0 Å². The van der Waals surface area contributed by atoms with Gasteiger partial charge in [-0.2, -0.15) is 0 Å². The van der Waals surface area contributed by atoms with Gasteiger partial charge in [-0.1, -0.05) is 47.8 Å². The van der Waals surface area contributed by atoms with E-state index >= 15 is 0 Å². The highest BCUT2D eigenvalue weighted by Gasteiger charge is 2.17. The summed E-state index contributed by atoms with van der Waals surface area (Å²) in [6.45, 7) is 2.87. The number of hydrogen-bond acceptors (Lipinski definition) is 1. The zero-order chi connectivity index (χ0) is 14.7. The van der Waals surface area contributed by atoms with Crippen LogP contribution in [0.1, 0.15) is 24.1 Å². The summed E-state index contributed by atoms with van der Waals surface area (Å²) in [7, 11) is 0. The van der Waals surface area contributed by atoms with Crippen molar-refractivity contribution >= 4 is 50.7 Å². The van der Waals surface area contributed by atoms with Crippen molar-refractivity contribution in [2.24, 2.45) is 0 Å². The highest BCUT2D eigenvalue weighted by Crippen LogP contribution is 2.33. The van der Waals surface area contributed by atoms with Gasteiger partial charge in [-0.25, -0.2) is 0 Å². The van der Waals surface area contributed by atoms with Crippen molar-refractivity contribution in [3.63, 3.8) is 0 Å². The predicted octanol–water partition coefficient (Wildman–Crippen LogP) is 6.11. The van der Waals surface area contributed by atoms with E-state index in [2.05, 4.69) is 28.2 Å². The molecule has 0 saturated heterocycles. The molecule has 2 rings (SSSR count). The van der Waals surface area contributed by atoms with E-state index in [1.165, 1.54) is 0 Å². The maximum Gasteiger partial charge on any atom is 0.0592 e. The maximum atomic E-state index is 6.31. The molecule has 0 aliphatic heterocycles. The predicted molar refractivity (Wildman–Crippen MR) is 91.1 cm³/mol. The SMILES string of the molecule is CCNC(c1ccc(Cl)c(Br)c1)c1cc(Cl)ccc1Cl. The first-order chi connectivity index (χ1) is 9.52. The third-order valence-electron chi connectivity index (χ3n) is 2.95. The summed E-state index contributed by atoms with van der Waals surface area (Å²) < 4.78 is 0.859. The largest absolute Gasteiger partial charge is 0.306 e. The minimum Gasteiger partial charge on any atom is -0.306 e. The second-order valence-corrected chi connectivity index (χ2v) is 6.44. The van der Waals surface area contributed by atoms with Crippen molar-refractivity contribution in [2.75, 3.05) is 6.54 Å². The van der Waals surface area contributed by atoms with Crippen LogP contribution in [0.4, 0.5) is 0 Å². The van der Waals surface area contributed by atoms with Crippen LogP contribution in [-0.4, -0.2) is 6.54 Å². The van der Waals surface area contributed by atoms with Crippen LogP contribution >= 0.6 is 50.7 Å². The van der Waals surface area contributed by atoms with Gasteiger partial charge in [0.1, 0.15) is 0 Å². The van der Waals surface area contributed by atoms with Crippen molar-refractivity contribution in [3.05, 3.63) is 67.1 Å². The summed E-state index contributed by atoms with van der Waals surface area (Å²) in [6.07, 6.45) is 0. The first-order valence-corrected chi connectivity index (χ1v) is 8.09. The lowest BCUT2D eigenvalue weighted by Crippen LogP contribution is -2.22. The second-order valence-electron chi connectivity index (χ2n) is 4.33. The van der Waals surface area contributed by atoms with Crippen molar-refractivity contribution in [3.8, 4) is 0 Å². The Hall–Kier alpha value is -0.250. The van der Waals surface area contributed by atoms with E-state index in [9.17, 15) is 0 Å². The van der Waals surface area contributed by atoms with Crippen molar-refractivity contribution < 1.29 is 0 Å². The molecule has 1 nitrogen and oxygen atoms in total. The molecule has 2 aromatic carbocycles. The second kappa shape index (κ2) is 7.15. The van der Waals surface area contributed by atoms with Crippen LogP contribution in [0.2, 0.25) is 15.1 Å². The highest BCUT2D eigenvalue weighted by atomic mass is 79.9. The molecule has 2 aromatic rings. The molecule has 106 valence electrons. The monoisotopic (exact) mass is 391 g/mol. The molecule has 0 bridgehead atoms. The van der Waals surface area contributed by atoms with Crippen LogP contribution in [-0.2, 0) is 0 Å². The van der Waals surface area contributed by atoms with Gasteiger partial charge in [0.15, 0.2) is 0 Å². The Kier molecular flexibility index (Phi) is 5.76. The highest BCUT2D eigenvalue weighted by molar-refractivity contribution is 9.10. The van der Waals surface area contributed by atoms with Gasteiger partial charge in [0.05, 0.1) is 11.1 Å². The van der Waals surface area contributed by atoms with Crippen LogP contribution in [0, 0.1) is 0 Å². The number of benzene rings is 2. The summed E-state index contributed by atoms with van der Waals surface area (Å²) in [5.74, 6) is 0. The van der Waals surface area contributed by atoms with Crippen LogP contribution in [0.15, 0.2) is 40.9 Å². The minimum atomic E-state index is -0.0280. The van der Waals surface area contributed by atoms with Crippen molar-refractivity contribution in [1.82, 2.24) is 5.32 Å². The quantitative estimate of drug-likeness (QED) is 0.661. The molecule has 1 atom stereocenters. The lowest BCUT2D eigenvalue weighted by atomic mass is 9.98. The number of nitrogens with one attached hydrogen (secondary N) is 1. The van der Waals surface area contributed by atoms with Gasteiger partial charge in [0, 0.05) is 14.5 Å². The molecule has 20 heavy (non-hydrogen) atoms. The lowest BCUT2D eigenvalue weighted by Gasteiger charge is -2.21. The summed E-state index contributed by atoms with van der Waals surface area (Å²) in [4.78, 5) is 0. The zero-order valence-corrected chi connectivity index (χ0v) is 14.6. The van der Waals surface area contributed by atoms with Crippen LogP contribution < -0.4 is 5.32 Å². The number of halogens is 4. The van der Waals surface area contributed by atoms with Crippen LogP contribution in [0.25, 0.3) is 0 Å². The molecule has 0 radical (unpaired) electrons. The first kappa shape index (κ1) is 16.1. The fourth-order valence-corrected chi connectivity index (χ4v) is 2.96. The summed E-state index contributed by atoms with van der Waals surface area (Å²) in [5.41, 5.74) is 2.03. The summed E-state index contributed by atoms with van der Waals surface area (Å²) in [5, 5.41) is 5.46. The molecule has 0 saturated carbocycles. The summed E-state index contributed by atoms with van der Waals surface area (Å²) in [6, 6.07) is 11.3. The third-order valence-corrected chi connectivity index (χ3v) is 4.75. The van der Waals surface area contributed by atoms with Gasteiger partial charge in [0.2, 0.25) is 0 Å². The Morgan fingerprint density at radius 1 is 1.05 bits per heavy atom. The normalized spacial score (nSPS) is 12.4.